The molecule has 0 saturated carbocycles. The standard InChI is InChI=1S/C15H21N3/c1-12(2)10-13(16)11-14-8-9-18(17-14)15-6-4-3-5-7-15/h3-9,12-13H,10-11,16H2,1-2H3. The predicted octanol–water partition coefficient (Wildman–Crippen LogP) is 2.79. The third kappa shape index (κ3) is 3.44. The van der Waals surface area contributed by atoms with E-state index in [-0.39, 0.29) is 6.04 Å². The van der Waals surface area contributed by atoms with Gasteiger partial charge in [-0.25, -0.2) is 4.68 Å². The van der Waals surface area contributed by atoms with Crippen molar-refractivity contribution in [2.45, 2.75) is 32.7 Å². The van der Waals surface area contributed by atoms with Crippen molar-refractivity contribution in [3.8, 4) is 5.69 Å². The molecule has 0 spiro atoms. The van der Waals surface area contributed by atoms with Crippen LogP contribution in [0.1, 0.15) is 26.0 Å². The van der Waals surface area contributed by atoms with Crippen LogP contribution in [0.4, 0.5) is 0 Å². The van der Waals surface area contributed by atoms with Gasteiger partial charge in [-0.3, -0.25) is 0 Å². The summed E-state index contributed by atoms with van der Waals surface area (Å²) in [5, 5.41) is 4.56. The van der Waals surface area contributed by atoms with Gasteiger partial charge in [0.05, 0.1) is 11.4 Å². The van der Waals surface area contributed by atoms with E-state index in [4.69, 9.17) is 5.73 Å². The number of hydrogen-bond acceptors (Lipinski definition) is 2. The van der Waals surface area contributed by atoms with E-state index in [0.29, 0.717) is 5.92 Å². The van der Waals surface area contributed by atoms with Crippen molar-refractivity contribution in [3.63, 3.8) is 0 Å². The molecule has 1 heterocycles. The zero-order valence-electron chi connectivity index (χ0n) is 11.1. The number of benzene rings is 1. The van der Waals surface area contributed by atoms with Crippen LogP contribution in [0.2, 0.25) is 0 Å². The maximum absolute atomic E-state index is 6.11. The largest absolute Gasteiger partial charge is 0.327 e. The average molecular weight is 243 g/mol. The molecule has 18 heavy (non-hydrogen) atoms. The molecular formula is C15H21N3. The zero-order chi connectivity index (χ0) is 13.0. The number of nitrogens with two attached hydrogens (primary N) is 1. The Kier molecular flexibility index (Phi) is 4.15. The SMILES string of the molecule is CC(C)CC(N)Cc1ccn(-c2ccccc2)n1. The summed E-state index contributed by atoms with van der Waals surface area (Å²) in [5.41, 5.74) is 8.25. The van der Waals surface area contributed by atoms with Crippen molar-refractivity contribution >= 4 is 0 Å². The average Bonchev–Trinajstić information content (AvgIpc) is 2.77. The summed E-state index contributed by atoms with van der Waals surface area (Å²) in [6.45, 7) is 4.39. The molecule has 0 fully saturated rings. The van der Waals surface area contributed by atoms with E-state index in [2.05, 4.69) is 18.9 Å². The quantitative estimate of drug-likeness (QED) is 0.877. The van der Waals surface area contributed by atoms with Crippen LogP contribution in [0, 0.1) is 5.92 Å². The third-order valence-electron chi connectivity index (χ3n) is 2.91. The van der Waals surface area contributed by atoms with E-state index in [1.54, 1.807) is 0 Å². The van der Waals surface area contributed by atoms with Crippen LogP contribution in [-0.4, -0.2) is 15.8 Å². The molecule has 0 amide bonds. The molecule has 3 nitrogen and oxygen atoms in total. The number of hydrogen-bond donors (Lipinski definition) is 1. The van der Waals surface area contributed by atoms with E-state index in [9.17, 15) is 0 Å². The summed E-state index contributed by atoms with van der Waals surface area (Å²) in [6.07, 6.45) is 3.88. The van der Waals surface area contributed by atoms with Crippen molar-refractivity contribution in [1.29, 1.82) is 0 Å². The van der Waals surface area contributed by atoms with Crippen molar-refractivity contribution in [2.24, 2.45) is 11.7 Å². The number of rotatable bonds is 5. The highest BCUT2D eigenvalue weighted by atomic mass is 15.3. The van der Waals surface area contributed by atoms with Crippen LogP contribution < -0.4 is 5.73 Å². The minimum Gasteiger partial charge on any atom is -0.327 e. The maximum atomic E-state index is 6.11. The molecular weight excluding hydrogens is 222 g/mol. The summed E-state index contributed by atoms with van der Waals surface area (Å²) in [4.78, 5) is 0. The fourth-order valence-corrected chi connectivity index (χ4v) is 2.15. The Morgan fingerprint density at radius 3 is 2.56 bits per heavy atom. The summed E-state index contributed by atoms with van der Waals surface area (Å²) in [5.74, 6) is 0.635. The van der Waals surface area contributed by atoms with Gasteiger partial charge in [-0.05, 0) is 30.5 Å². The fourth-order valence-electron chi connectivity index (χ4n) is 2.15. The molecule has 1 atom stereocenters. The lowest BCUT2D eigenvalue weighted by atomic mass is 10.0. The first-order chi connectivity index (χ1) is 8.65. The Hall–Kier alpha value is -1.61. The highest BCUT2D eigenvalue weighted by Gasteiger charge is 2.09. The second-order valence-corrected chi connectivity index (χ2v) is 5.18. The summed E-state index contributed by atoms with van der Waals surface area (Å²) in [7, 11) is 0. The van der Waals surface area contributed by atoms with Gasteiger partial charge in [0.15, 0.2) is 0 Å². The number of nitrogens with zero attached hydrogens (tertiary/aromatic N) is 2. The van der Waals surface area contributed by atoms with Crippen LogP contribution >= 0.6 is 0 Å². The lowest BCUT2D eigenvalue weighted by Gasteiger charge is -2.12. The Morgan fingerprint density at radius 2 is 1.89 bits per heavy atom. The Morgan fingerprint density at radius 1 is 1.17 bits per heavy atom. The second kappa shape index (κ2) is 5.83. The molecule has 1 aromatic carbocycles. The maximum Gasteiger partial charge on any atom is 0.0645 e. The molecule has 96 valence electrons. The molecule has 2 N–H and O–H groups in total. The van der Waals surface area contributed by atoms with Gasteiger partial charge in [-0.15, -0.1) is 0 Å². The Labute approximate surface area is 109 Å². The first-order valence-corrected chi connectivity index (χ1v) is 6.50. The topological polar surface area (TPSA) is 43.8 Å². The summed E-state index contributed by atoms with van der Waals surface area (Å²) >= 11 is 0. The minimum atomic E-state index is 0.198. The van der Waals surface area contributed by atoms with Crippen LogP contribution in [0.25, 0.3) is 5.69 Å². The number of para-hydroxylation sites is 1. The highest BCUT2D eigenvalue weighted by Crippen LogP contribution is 2.10. The van der Waals surface area contributed by atoms with E-state index < -0.39 is 0 Å². The normalized spacial score (nSPS) is 12.9. The fraction of sp³-hybridized carbons (Fsp3) is 0.400. The first kappa shape index (κ1) is 12.8. The van der Waals surface area contributed by atoms with Crippen molar-refractivity contribution in [2.75, 3.05) is 0 Å². The van der Waals surface area contributed by atoms with E-state index in [0.717, 1.165) is 24.2 Å². The molecule has 0 saturated heterocycles. The lowest BCUT2D eigenvalue weighted by molar-refractivity contribution is 0.489. The van der Waals surface area contributed by atoms with E-state index >= 15 is 0 Å². The van der Waals surface area contributed by atoms with Crippen molar-refractivity contribution < 1.29 is 0 Å². The predicted molar refractivity (Wildman–Crippen MR) is 74.7 cm³/mol. The second-order valence-electron chi connectivity index (χ2n) is 5.18. The number of aromatic nitrogens is 2. The minimum absolute atomic E-state index is 0.198. The monoisotopic (exact) mass is 243 g/mol. The summed E-state index contributed by atoms with van der Waals surface area (Å²) in [6, 6.07) is 12.4. The molecule has 1 unspecified atom stereocenters. The zero-order valence-corrected chi connectivity index (χ0v) is 11.1. The van der Waals surface area contributed by atoms with Gasteiger partial charge in [-0.1, -0.05) is 32.0 Å². The van der Waals surface area contributed by atoms with Gasteiger partial charge in [0.25, 0.3) is 0 Å². The molecule has 3 heteroatoms. The highest BCUT2D eigenvalue weighted by molar-refractivity contribution is 5.30. The van der Waals surface area contributed by atoms with Crippen LogP contribution in [0.3, 0.4) is 0 Å². The molecule has 0 radical (unpaired) electrons. The van der Waals surface area contributed by atoms with Gasteiger partial charge in [0.1, 0.15) is 0 Å². The van der Waals surface area contributed by atoms with Crippen molar-refractivity contribution in [1.82, 2.24) is 9.78 Å². The van der Waals surface area contributed by atoms with Crippen LogP contribution in [0.5, 0.6) is 0 Å². The molecule has 2 rings (SSSR count). The van der Waals surface area contributed by atoms with Gasteiger partial charge < -0.3 is 5.73 Å². The van der Waals surface area contributed by atoms with Crippen molar-refractivity contribution in [3.05, 3.63) is 48.3 Å². The molecule has 0 aliphatic heterocycles. The van der Waals surface area contributed by atoms with Crippen LogP contribution in [-0.2, 0) is 6.42 Å². The van der Waals surface area contributed by atoms with Crippen LogP contribution in [0.15, 0.2) is 42.6 Å². The van der Waals surface area contributed by atoms with Gasteiger partial charge >= 0.3 is 0 Å². The molecule has 1 aromatic heterocycles. The van der Waals surface area contributed by atoms with Gasteiger partial charge in [0.2, 0.25) is 0 Å². The third-order valence-corrected chi connectivity index (χ3v) is 2.91. The lowest BCUT2D eigenvalue weighted by Crippen LogP contribution is -2.24. The Balaban J connectivity index is 2.03. The van der Waals surface area contributed by atoms with E-state index in [1.165, 1.54) is 0 Å². The molecule has 0 aliphatic carbocycles. The molecule has 0 bridgehead atoms. The first-order valence-electron chi connectivity index (χ1n) is 6.50. The summed E-state index contributed by atoms with van der Waals surface area (Å²) < 4.78 is 1.90. The Bertz CT molecular complexity index is 473. The van der Waals surface area contributed by atoms with E-state index in [1.807, 2.05) is 47.3 Å². The molecule has 0 aliphatic rings. The van der Waals surface area contributed by atoms with Gasteiger partial charge in [0, 0.05) is 18.7 Å². The van der Waals surface area contributed by atoms with Gasteiger partial charge in [-0.2, -0.15) is 5.10 Å². The smallest absolute Gasteiger partial charge is 0.0645 e. The molecule has 2 aromatic rings.